The Balaban J connectivity index is 1.97. The smallest absolute Gasteiger partial charge is 0.351 e. The third-order valence-corrected chi connectivity index (χ3v) is 4.47. The summed E-state index contributed by atoms with van der Waals surface area (Å²) in [6.45, 7) is 5.71. The molecule has 0 amide bonds. The molecule has 0 bridgehead atoms. The highest BCUT2D eigenvalue weighted by atomic mass is 16.6. The summed E-state index contributed by atoms with van der Waals surface area (Å²) in [6, 6.07) is 7.64. The molecular weight excluding hydrogens is 306 g/mol. The molecule has 7 heteroatoms. The number of nitro groups is 1. The number of rotatable bonds is 4. The Morgan fingerprint density at radius 3 is 2.62 bits per heavy atom. The maximum absolute atomic E-state index is 11.7. The van der Waals surface area contributed by atoms with E-state index in [1.807, 2.05) is 36.1 Å². The summed E-state index contributed by atoms with van der Waals surface area (Å²) >= 11 is 0. The highest BCUT2D eigenvalue weighted by molar-refractivity contribution is 5.75. The maximum atomic E-state index is 11.7. The molecule has 0 radical (unpaired) electrons. The van der Waals surface area contributed by atoms with Crippen LogP contribution in [-0.4, -0.2) is 28.0 Å². The molecule has 1 aromatic heterocycles. The molecule has 1 N–H and O–H groups in total. The topological polar surface area (TPSA) is 84.2 Å². The minimum atomic E-state index is -0.395. The van der Waals surface area contributed by atoms with Crippen LogP contribution in [0.25, 0.3) is 0 Å². The highest BCUT2D eigenvalue weighted by Gasteiger charge is 2.29. The van der Waals surface area contributed by atoms with E-state index in [4.69, 9.17) is 0 Å². The number of para-hydroxylation sites is 1. The highest BCUT2D eigenvalue weighted by Crippen LogP contribution is 2.35. The van der Waals surface area contributed by atoms with Crippen molar-refractivity contribution in [2.24, 2.45) is 5.92 Å². The lowest BCUT2D eigenvalue weighted by atomic mass is 9.99. The van der Waals surface area contributed by atoms with Gasteiger partial charge in [0, 0.05) is 18.8 Å². The van der Waals surface area contributed by atoms with Gasteiger partial charge in [0.25, 0.3) is 0 Å². The molecule has 1 aromatic carbocycles. The Hall–Kier alpha value is -2.70. The molecule has 126 valence electrons. The molecule has 0 spiro atoms. The van der Waals surface area contributed by atoms with E-state index in [0.717, 1.165) is 37.2 Å². The van der Waals surface area contributed by atoms with E-state index in [1.54, 1.807) is 0 Å². The van der Waals surface area contributed by atoms with Crippen molar-refractivity contribution in [1.29, 1.82) is 0 Å². The van der Waals surface area contributed by atoms with E-state index < -0.39 is 4.92 Å². The molecule has 1 fully saturated rings. The molecule has 1 aliphatic rings. The average molecular weight is 327 g/mol. The summed E-state index contributed by atoms with van der Waals surface area (Å²) in [4.78, 5) is 21.6. The summed E-state index contributed by atoms with van der Waals surface area (Å²) in [7, 11) is 0. The van der Waals surface area contributed by atoms with Crippen molar-refractivity contribution in [2.45, 2.75) is 26.7 Å². The molecule has 2 heterocycles. The van der Waals surface area contributed by atoms with E-state index in [9.17, 15) is 10.1 Å². The second kappa shape index (κ2) is 6.82. The van der Waals surface area contributed by atoms with Crippen LogP contribution in [0.3, 0.4) is 0 Å². The molecule has 1 aliphatic heterocycles. The Morgan fingerprint density at radius 1 is 1.25 bits per heavy atom. The van der Waals surface area contributed by atoms with E-state index in [2.05, 4.69) is 22.2 Å². The van der Waals surface area contributed by atoms with Crippen molar-refractivity contribution >= 4 is 23.0 Å². The number of hydrogen-bond acceptors (Lipinski definition) is 6. The predicted molar refractivity (Wildman–Crippen MR) is 93.8 cm³/mol. The number of anilines is 3. The average Bonchev–Trinajstić information content (AvgIpc) is 2.57. The van der Waals surface area contributed by atoms with E-state index in [-0.39, 0.29) is 11.5 Å². The Labute approximate surface area is 140 Å². The molecule has 0 aliphatic carbocycles. The number of aryl methyl sites for hydroxylation is 1. The van der Waals surface area contributed by atoms with Gasteiger partial charge in [0.2, 0.25) is 11.6 Å². The van der Waals surface area contributed by atoms with Crippen molar-refractivity contribution in [1.82, 2.24) is 9.97 Å². The number of benzene rings is 1. The molecule has 2 aromatic rings. The number of hydrogen-bond donors (Lipinski definition) is 1. The fraction of sp³-hybridized carbons (Fsp3) is 0.412. The van der Waals surface area contributed by atoms with Gasteiger partial charge >= 0.3 is 5.69 Å². The van der Waals surface area contributed by atoms with Crippen LogP contribution in [0.2, 0.25) is 0 Å². The zero-order chi connectivity index (χ0) is 17.1. The van der Waals surface area contributed by atoms with Crippen molar-refractivity contribution in [3.8, 4) is 0 Å². The van der Waals surface area contributed by atoms with Crippen molar-refractivity contribution in [3.05, 3.63) is 46.3 Å². The Kier molecular flexibility index (Phi) is 4.59. The third kappa shape index (κ3) is 3.29. The normalized spacial score (nSPS) is 15.3. The molecule has 3 rings (SSSR count). The van der Waals surface area contributed by atoms with Gasteiger partial charge in [-0.25, -0.2) is 9.97 Å². The fourth-order valence-electron chi connectivity index (χ4n) is 2.92. The van der Waals surface area contributed by atoms with Crippen LogP contribution < -0.4 is 10.2 Å². The Morgan fingerprint density at radius 2 is 1.96 bits per heavy atom. The minimum Gasteiger partial charge on any atom is -0.351 e. The summed E-state index contributed by atoms with van der Waals surface area (Å²) in [5.41, 5.74) is 1.74. The molecule has 0 unspecified atom stereocenters. The number of nitrogens with zero attached hydrogens (tertiary/aromatic N) is 4. The van der Waals surface area contributed by atoms with Gasteiger partial charge in [-0.1, -0.05) is 25.1 Å². The lowest BCUT2D eigenvalue weighted by Gasteiger charge is -2.30. The lowest BCUT2D eigenvalue weighted by Crippen LogP contribution is -2.34. The summed E-state index contributed by atoms with van der Waals surface area (Å²) in [5, 5.41) is 14.8. The van der Waals surface area contributed by atoms with Crippen LogP contribution in [0.1, 0.15) is 25.3 Å². The molecule has 0 saturated carbocycles. The van der Waals surface area contributed by atoms with E-state index in [1.165, 1.54) is 6.33 Å². The molecule has 1 saturated heterocycles. The number of piperidine rings is 1. The maximum Gasteiger partial charge on any atom is 0.353 e. The van der Waals surface area contributed by atoms with Crippen LogP contribution in [0.4, 0.5) is 23.0 Å². The van der Waals surface area contributed by atoms with Crippen molar-refractivity contribution in [2.75, 3.05) is 23.3 Å². The van der Waals surface area contributed by atoms with Gasteiger partial charge in [0.1, 0.15) is 6.33 Å². The second-order valence-electron chi connectivity index (χ2n) is 6.26. The third-order valence-electron chi connectivity index (χ3n) is 4.47. The first-order valence-electron chi connectivity index (χ1n) is 8.13. The van der Waals surface area contributed by atoms with Crippen LogP contribution in [0.15, 0.2) is 30.6 Å². The van der Waals surface area contributed by atoms with Gasteiger partial charge in [-0.05, 0) is 37.3 Å². The van der Waals surface area contributed by atoms with Crippen LogP contribution in [0.5, 0.6) is 0 Å². The van der Waals surface area contributed by atoms with Gasteiger partial charge in [-0.15, -0.1) is 0 Å². The number of nitrogens with one attached hydrogen (secondary N) is 1. The van der Waals surface area contributed by atoms with Crippen LogP contribution in [-0.2, 0) is 0 Å². The van der Waals surface area contributed by atoms with Gasteiger partial charge in [-0.3, -0.25) is 10.1 Å². The lowest BCUT2D eigenvalue weighted by molar-refractivity contribution is -0.383. The van der Waals surface area contributed by atoms with Crippen LogP contribution in [0, 0.1) is 23.0 Å². The first kappa shape index (κ1) is 16.2. The zero-order valence-electron chi connectivity index (χ0n) is 13.9. The quantitative estimate of drug-likeness (QED) is 0.681. The van der Waals surface area contributed by atoms with Crippen molar-refractivity contribution < 1.29 is 4.92 Å². The van der Waals surface area contributed by atoms with Crippen molar-refractivity contribution in [3.63, 3.8) is 0 Å². The molecular formula is C17H21N5O2. The monoisotopic (exact) mass is 327 g/mol. The molecule has 24 heavy (non-hydrogen) atoms. The summed E-state index contributed by atoms with van der Waals surface area (Å²) in [5.74, 6) is 1.28. The van der Waals surface area contributed by atoms with Gasteiger partial charge in [-0.2, -0.15) is 0 Å². The van der Waals surface area contributed by atoms with Gasteiger partial charge < -0.3 is 10.2 Å². The predicted octanol–water partition coefficient (Wildman–Crippen LogP) is 3.67. The Bertz CT molecular complexity index is 742. The first-order valence-corrected chi connectivity index (χ1v) is 8.13. The zero-order valence-corrected chi connectivity index (χ0v) is 13.9. The van der Waals surface area contributed by atoms with E-state index in [0.29, 0.717) is 11.7 Å². The van der Waals surface area contributed by atoms with Gasteiger partial charge in [0.05, 0.1) is 4.92 Å². The molecule has 0 atom stereocenters. The fourth-order valence-corrected chi connectivity index (χ4v) is 2.92. The SMILES string of the molecule is Cc1ccccc1Nc1ncnc(N2CCC(C)CC2)c1[N+](=O)[O-]. The second-order valence-corrected chi connectivity index (χ2v) is 6.26. The standard InChI is InChI=1S/C17H21N5O2/c1-12-7-9-21(10-8-12)17-15(22(23)24)16(18-11-19-17)20-14-6-4-3-5-13(14)2/h3-6,11-12H,7-10H2,1-2H3,(H,18,19,20). The first-order chi connectivity index (χ1) is 11.6. The minimum absolute atomic E-state index is 0.0599. The number of aromatic nitrogens is 2. The summed E-state index contributed by atoms with van der Waals surface area (Å²) < 4.78 is 0. The molecule has 7 nitrogen and oxygen atoms in total. The largest absolute Gasteiger partial charge is 0.353 e. The summed E-state index contributed by atoms with van der Waals surface area (Å²) in [6.07, 6.45) is 3.42. The van der Waals surface area contributed by atoms with Crippen LogP contribution >= 0.6 is 0 Å². The van der Waals surface area contributed by atoms with Gasteiger partial charge in [0.15, 0.2) is 0 Å². The van der Waals surface area contributed by atoms with E-state index >= 15 is 0 Å².